The summed E-state index contributed by atoms with van der Waals surface area (Å²) in [5.41, 5.74) is 1.99. The summed E-state index contributed by atoms with van der Waals surface area (Å²) in [6.45, 7) is 4.14. The SMILES string of the molecule is Cc1noc(C)c1S(=O)(=O)N1CCC(c2ccc3cc(Cl)cnc3n2)CC1. The van der Waals surface area contributed by atoms with Crippen LogP contribution in [0.3, 0.4) is 0 Å². The predicted molar refractivity (Wildman–Crippen MR) is 101 cm³/mol. The molecule has 4 rings (SSSR count). The van der Waals surface area contributed by atoms with Crippen LogP contribution >= 0.6 is 11.6 Å². The van der Waals surface area contributed by atoms with Gasteiger partial charge in [-0.25, -0.2) is 18.4 Å². The van der Waals surface area contributed by atoms with E-state index in [0.717, 1.165) is 11.1 Å². The maximum absolute atomic E-state index is 12.9. The van der Waals surface area contributed by atoms with Crippen LogP contribution in [0.15, 0.2) is 33.8 Å². The first-order valence-corrected chi connectivity index (χ1v) is 10.5. The van der Waals surface area contributed by atoms with Crippen molar-refractivity contribution in [3.8, 4) is 0 Å². The molecule has 1 fully saturated rings. The van der Waals surface area contributed by atoms with Gasteiger partial charge in [0.05, 0.1) is 5.02 Å². The first-order chi connectivity index (χ1) is 12.9. The first-order valence-electron chi connectivity index (χ1n) is 8.71. The summed E-state index contributed by atoms with van der Waals surface area (Å²) in [4.78, 5) is 9.11. The third-order valence-electron chi connectivity index (χ3n) is 4.97. The third kappa shape index (κ3) is 3.33. The minimum atomic E-state index is -3.60. The Bertz CT molecular complexity index is 1090. The Morgan fingerprint density at radius 2 is 1.96 bits per heavy atom. The summed E-state index contributed by atoms with van der Waals surface area (Å²) in [7, 11) is -3.60. The molecule has 1 aliphatic rings. The molecule has 0 aliphatic carbocycles. The normalized spacial score (nSPS) is 16.9. The molecule has 0 spiro atoms. The molecule has 7 nitrogen and oxygen atoms in total. The van der Waals surface area contributed by atoms with E-state index < -0.39 is 10.0 Å². The van der Waals surface area contributed by atoms with Crippen LogP contribution in [-0.2, 0) is 10.0 Å². The second kappa shape index (κ2) is 6.85. The Hall–Kier alpha value is -2.03. The lowest BCUT2D eigenvalue weighted by atomic mass is 9.94. The summed E-state index contributed by atoms with van der Waals surface area (Å²) in [5, 5.41) is 5.24. The second-order valence-corrected chi connectivity index (χ2v) is 9.08. The van der Waals surface area contributed by atoms with E-state index in [0.29, 0.717) is 48.1 Å². The molecule has 0 amide bonds. The number of hydrogen-bond donors (Lipinski definition) is 0. The molecule has 0 bridgehead atoms. The van der Waals surface area contributed by atoms with E-state index in [1.54, 1.807) is 20.0 Å². The Kier molecular flexibility index (Phi) is 4.65. The molecule has 1 saturated heterocycles. The molecule has 1 aliphatic heterocycles. The highest BCUT2D eigenvalue weighted by Crippen LogP contribution is 2.32. The van der Waals surface area contributed by atoms with Crippen LogP contribution in [0, 0.1) is 13.8 Å². The van der Waals surface area contributed by atoms with Crippen LogP contribution in [0.4, 0.5) is 0 Å². The summed E-state index contributed by atoms with van der Waals surface area (Å²) < 4.78 is 32.4. The van der Waals surface area contributed by atoms with Crippen molar-refractivity contribution >= 4 is 32.7 Å². The average molecular weight is 407 g/mol. The molecule has 27 heavy (non-hydrogen) atoms. The zero-order chi connectivity index (χ0) is 19.2. The molecule has 0 atom stereocenters. The number of nitrogens with zero attached hydrogens (tertiary/aromatic N) is 4. The van der Waals surface area contributed by atoms with Crippen molar-refractivity contribution in [2.75, 3.05) is 13.1 Å². The van der Waals surface area contributed by atoms with E-state index in [9.17, 15) is 8.42 Å². The van der Waals surface area contributed by atoms with Gasteiger partial charge in [-0.1, -0.05) is 16.8 Å². The van der Waals surface area contributed by atoms with Crippen molar-refractivity contribution < 1.29 is 12.9 Å². The summed E-state index contributed by atoms with van der Waals surface area (Å²) in [6, 6.07) is 5.77. The Morgan fingerprint density at radius 3 is 2.63 bits per heavy atom. The molecule has 3 aromatic heterocycles. The predicted octanol–water partition coefficient (Wildman–Crippen LogP) is 3.46. The van der Waals surface area contributed by atoms with E-state index in [4.69, 9.17) is 16.1 Å². The largest absolute Gasteiger partial charge is 0.360 e. The maximum Gasteiger partial charge on any atom is 0.248 e. The quantitative estimate of drug-likeness (QED) is 0.661. The lowest BCUT2D eigenvalue weighted by Crippen LogP contribution is -2.38. The fraction of sp³-hybridized carbons (Fsp3) is 0.389. The van der Waals surface area contributed by atoms with Crippen molar-refractivity contribution in [1.29, 1.82) is 0 Å². The lowest BCUT2D eigenvalue weighted by molar-refractivity contribution is 0.316. The third-order valence-corrected chi connectivity index (χ3v) is 7.32. The average Bonchev–Trinajstić information content (AvgIpc) is 3.00. The fourth-order valence-corrected chi connectivity index (χ4v) is 5.52. The fourth-order valence-electron chi connectivity index (χ4n) is 3.59. The maximum atomic E-state index is 12.9. The van der Waals surface area contributed by atoms with Gasteiger partial charge in [-0.2, -0.15) is 4.31 Å². The molecule has 0 unspecified atom stereocenters. The van der Waals surface area contributed by atoms with Gasteiger partial charge >= 0.3 is 0 Å². The first kappa shape index (κ1) is 18.3. The van der Waals surface area contributed by atoms with E-state index in [1.165, 1.54) is 4.31 Å². The number of aromatic nitrogens is 3. The number of halogens is 1. The lowest BCUT2D eigenvalue weighted by Gasteiger charge is -2.30. The zero-order valence-electron chi connectivity index (χ0n) is 15.0. The standard InChI is InChI=1S/C18H19ClN4O3S/c1-11-17(12(2)26-22-11)27(24,25)23-7-5-13(6-8-23)16-4-3-14-9-15(19)10-20-18(14)21-16/h3-4,9-10,13H,5-8H2,1-2H3. The van der Waals surface area contributed by atoms with Gasteiger partial charge in [-0.15, -0.1) is 0 Å². The smallest absolute Gasteiger partial charge is 0.248 e. The van der Waals surface area contributed by atoms with Crippen LogP contribution in [0.2, 0.25) is 5.02 Å². The van der Waals surface area contributed by atoms with E-state index >= 15 is 0 Å². The van der Waals surface area contributed by atoms with E-state index in [2.05, 4.69) is 15.1 Å². The van der Waals surface area contributed by atoms with Crippen molar-refractivity contribution in [3.63, 3.8) is 0 Å². The number of rotatable bonds is 3. The van der Waals surface area contributed by atoms with Crippen LogP contribution < -0.4 is 0 Å². The summed E-state index contributed by atoms with van der Waals surface area (Å²) in [5.74, 6) is 0.526. The molecule has 0 aromatic carbocycles. The highest BCUT2D eigenvalue weighted by atomic mass is 35.5. The number of aryl methyl sites for hydroxylation is 2. The molecule has 0 N–H and O–H groups in total. The summed E-state index contributed by atoms with van der Waals surface area (Å²) >= 11 is 5.97. The Morgan fingerprint density at radius 1 is 1.22 bits per heavy atom. The number of fused-ring (bicyclic) bond motifs is 1. The van der Waals surface area contributed by atoms with Crippen molar-refractivity contribution in [3.05, 3.63) is 46.6 Å². The zero-order valence-corrected chi connectivity index (χ0v) is 16.6. The van der Waals surface area contributed by atoms with Gasteiger partial charge in [-0.05, 0) is 44.9 Å². The summed E-state index contributed by atoms with van der Waals surface area (Å²) in [6.07, 6.45) is 2.99. The minimum absolute atomic E-state index is 0.186. The Labute approximate surface area is 162 Å². The van der Waals surface area contributed by atoms with Crippen LogP contribution in [0.5, 0.6) is 0 Å². The van der Waals surface area contributed by atoms with Crippen LogP contribution in [0.1, 0.15) is 35.9 Å². The van der Waals surface area contributed by atoms with Gasteiger partial charge < -0.3 is 4.52 Å². The van der Waals surface area contributed by atoms with Crippen molar-refractivity contribution in [2.24, 2.45) is 0 Å². The molecule has 0 saturated carbocycles. The Balaban J connectivity index is 1.53. The van der Waals surface area contributed by atoms with E-state index in [-0.39, 0.29) is 10.8 Å². The van der Waals surface area contributed by atoms with Gasteiger partial charge in [0.2, 0.25) is 10.0 Å². The van der Waals surface area contributed by atoms with Crippen molar-refractivity contribution in [1.82, 2.24) is 19.4 Å². The van der Waals surface area contributed by atoms with Crippen LogP contribution in [0.25, 0.3) is 11.0 Å². The molecular formula is C18H19ClN4O3S. The monoisotopic (exact) mass is 406 g/mol. The van der Waals surface area contributed by atoms with Crippen LogP contribution in [-0.4, -0.2) is 40.9 Å². The molecule has 3 aromatic rings. The number of pyridine rings is 2. The van der Waals surface area contributed by atoms with Crippen molar-refractivity contribution in [2.45, 2.75) is 37.5 Å². The number of piperidine rings is 1. The highest BCUT2D eigenvalue weighted by Gasteiger charge is 2.34. The van der Waals surface area contributed by atoms with E-state index in [1.807, 2.05) is 18.2 Å². The van der Waals surface area contributed by atoms with Gasteiger partial charge in [0.25, 0.3) is 0 Å². The van der Waals surface area contributed by atoms with Gasteiger partial charge in [0.1, 0.15) is 10.6 Å². The molecular weight excluding hydrogens is 388 g/mol. The number of sulfonamides is 1. The van der Waals surface area contributed by atoms with Gasteiger partial charge in [0, 0.05) is 36.3 Å². The number of hydrogen-bond acceptors (Lipinski definition) is 6. The van der Waals surface area contributed by atoms with Gasteiger partial charge in [-0.3, -0.25) is 0 Å². The molecule has 4 heterocycles. The minimum Gasteiger partial charge on any atom is -0.360 e. The molecule has 142 valence electrons. The highest BCUT2D eigenvalue weighted by molar-refractivity contribution is 7.89. The van der Waals surface area contributed by atoms with Gasteiger partial charge in [0.15, 0.2) is 11.4 Å². The second-order valence-electron chi connectivity index (χ2n) is 6.77. The topological polar surface area (TPSA) is 89.2 Å². The molecule has 9 heteroatoms. The molecule has 0 radical (unpaired) electrons.